The molecule has 12 heteroatoms. The van der Waals surface area contributed by atoms with Gasteiger partial charge in [0.2, 0.25) is 0 Å². The van der Waals surface area contributed by atoms with Crippen LogP contribution in [-0.2, 0) is 27.8 Å². The zero-order valence-corrected chi connectivity index (χ0v) is 20.8. The summed E-state index contributed by atoms with van der Waals surface area (Å²) in [5.41, 5.74) is 7.66. The maximum absolute atomic E-state index is 13.5. The fourth-order valence-electron chi connectivity index (χ4n) is 4.48. The van der Waals surface area contributed by atoms with Crippen LogP contribution in [0.25, 0.3) is 0 Å². The Kier molecular flexibility index (Phi) is 7.07. The Morgan fingerprint density at radius 2 is 1.86 bits per heavy atom. The summed E-state index contributed by atoms with van der Waals surface area (Å²) >= 11 is 0. The highest BCUT2D eigenvalue weighted by atomic mass is 32.2. The van der Waals surface area contributed by atoms with E-state index in [1.54, 1.807) is 42.2 Å². The van der Waals surface area contributed by atoms with Crippen molar-refractivity contribution in [2.75, 3.05) is 30.5 Å². The van der Waals surface area contributed by atoms with Crippen LogP contribution in [0.4, 0.5) is 5.69 Å². The van der Waals surface area contributed by atoms with Crippen LogP contribution in [0.15, 0.2) is 47.4 Å². The molecule has 36 heavy (non-hydrogen) atoms. The molecule has 1 atom stereocenters. The van der Waals surface area contributed by atoms with Gasteiger partial charge < -0.3 is 25.4 Å². The summed E-state index contributed by atoms with van der Waals surface area (Å²) in [4.78, 5) is 15.2. The second kappa shape index (κ2) is 10.1. The van der Waals surface area contributed by atoms with Crippen molar-refractivity contribution in [1.82, 2.24) is 9.80 Å². The molecule has 2 heterocycles. The number of ether oxygens (including phenoxy) is 1. The Balaban J connectivity index is 1.57. The molecule has 4 rings (SSSR count). The molecular weight excluding hydrogens is 484 g/mol. The van der Waals surface area contributed by atoms with E-state index in [9.17, 15) is 18.3 Å². The third-order valence-corrected chi connectivity index (χ3v) is 8.23. The van der Waals surface area contributed by atoms with Gasteiger partial charge in [-0.25, -0.2) is 8.42 Å². The number of nitrogens with two attached hydrogens (primary N) is 1. The van der Waals surface area contributed by atoms with Gasteiger partial charge in [0, 0.05) is 26.1 Å². The van der Waals surface area contributed by atoms with Crippen LogP contribution in [0, 0.1) is 10.8 Å². The quantitative estimate of drug-likeness (QED) is 0.320. The molecule has 0 saturated carbocycles. The number of hydrogen-bond acceptors (Lipinski definition) is 6. The SMILES string of the molecule is CC(=N)N1CC[C@H](Oc2ccc(S(=O)(=O)N(CC(=O)O)c3ccc4c(c3)CN(C(=N)N)CC4)cc2)C1. The number of nitrogens with one attached hydrogen (secondary N) is 2. The van der Waals surface area contributed by atoms with Gasteiger partial charge in [0.1, 0.15) is 18.4 Å². The lowest BCUT2D eigenvalue weighted by Gasteiger charge is -2.30. The molecule has 0 spiro atoms. The van der Waals surface area contributed by atoms with Crippen molar-refractivity contribution in [2.24, 2.45) is 5.73 Å². The first-order chi connectivity index (χ1) is 17.0. The number of likely N-dealkylation sites (tertiary alicyclic amines) is 1. The van der Waals surface area contributed by atoms with E-state index >= 15 is 0 Å². The van der Waals surface area contributed by atoms with Crippen LogP contribution >= 0.6 is 0 Å². The zero-order valence-electron chi connectivity index (χ0n) is 20.0. The van der Waals surface area contributed by atoms with Crippen LogP contribution in [0.1, 0.15) is 24.5 Å². The first kappa shape index (κ1) is 25.3. The third-order valence-electron chi connectivity index (χ3n) is 6.44. The number of rotatable bonds is 7. The van der Waals surface area contributed by atoms with Gasteiger partial charge in [-0.1, -0.05) is 6.07 Å². The number of carboxylic acid groups (broad SMARTS) is 1. The molecule has 2 aromatic rings. The second-order valence-electron chi connectivity index (χ2n) is 8.95. The number of fused-ring (bicyclic) bond motifs is 1. The molecule has 2 aliphatic heterocycles. The van der Waals surface area contributed by atoms with Crippen LogP contribution in [0.3, 0.4) is 0 Å². The van der Waals surface area contributed by atoms with Gasteiger partial charge in [-0.05, 0) is 60.9 Å². The minimum absolute atomic E-state index is 0.0532. The molecule has 0 aliphatic carbocycles. The number of carbonyl (C=O) groups is 1. The number of carboxylic acids is 1. The van der Waals surface area contributed by atoms with Gasteiger partial charge in [0.05, 0.1) is 23.0 Å². The lowest BCUT2D eigenvalue weighted by Crippen LogP contribution is -2.40. The predicted molar refractivity (Wildman–Crippen MR) is 135 cm³/mol. The Labute approximate surface area is 210 Å². The van der Waals surface area contributed by atoms with Gasteiger partial charge >= 0.3 is 5.97 Å². The van der Waals surface area contributed by atoms with Crippen LogP contribution in [-0.4, -0.2) is 73.4 Å². The van der Waals surface area contributed by atoms with Crippen LogP contribution in [0.5, 0.6) is 5.75 Å². The monoisotopic (exact) mass is 514 g/mol. The van der Waals surface area contributed by atoms with Crippen molar-refractivity contribution in [3.63, 3.8) is 0 Å². The average molecular weight is 515 g/mol. The smallest absolute Gasteiger partial charge is 0.324 e. The number of hydrogen-bond donors (Lipinski definition) is 4. The normalized spacial score (nSPS) is 17.4. The fourth-order valence-corrected chi connectivity index (χ4v) is 5.89. The van der Waals surface area contributed by atoms with Crippen LogP contribution in [0.2, 0.25) is 0 Å². The largest absolute Gasteiger partial charge is 0.489 e. The highest BCUT2D eigenvalue weighted by Gasteiger charge is 2.29. The topological polar surface area (TPSA) is 164 Å². The summed E-state index contributed by atoms with van der Waals surface area (Å²) in [5, 5.41) is 24.9. The van der Waals surface area contributed by atoms with Crippen molar-refractivity contribution in [2.45, 2.75) is 37.3 Å². The molecule has 192 valence electrons. The summed E-state index contributed by atoms with van der Waals surface area (Å²) in [7, 11) is -4.19. The first-order valence-corrected chi connectivity index (χ1v) is 13.0. The molecule has 5 N–H and O–H groups in total. The molecular formula is C24H30N6O5S. The number of benzene rings is 2. The first-order valence-electron chi connectivity index (χ1n) is 11.6. The molecule has 1 fully saturated rings. The summed E-state index contributed by atoms with van der Waals surface area (Å²) in [5.74, 6) is -0.362. The van der Waals surface area contributed by atoms with Crippen molar-refractivity contribution in [3.8, 4) is 5.75 Å². The Hall–Kier alpha value is -3.80. The van der Waals surface area contributed by atoms with Gasteiger partial charge in [-0.15, -0.1) is 0 Å². The van der Waals surface area contributed by atoms with Gasteiger partial charge in [-0.2, -0.15) is 0 Å². The van der Waals surface area contributed by atoms with E-state index in [4.69, 9.17) is 21.3 Å². The van der Waals surface area contributed by atoms with E-state index in [2.05, 4.69) is 0 Å². The van der Waals surface area contributed by atoms with E-state index in [1.165, 1.54) is 12.1 Å². The molecule has 0 unspecified atom stereocenters. The van der Waals surface area contributed by atoms with E-state index in [-0.39, 0.29) is 22.6 Å². The van der Waals surface area contributed by atoms with Crippen LogP contribution < -0.4 is 14.8 Å². The number of anilines is 1. The molecule has 0 radical (unpaired) electrons. The summed E-state index contributed by atoms with van der Waals surface area (Å²) in [6.07, 6.45) is 1.32. The summed E-state index contributed by atoms with van der Waals surface area (Å²) in [6.45, 7) is 3.26. The third kappa shape index (κ3) is 5.38. The second-order valence-corrected chi connectivity index (χ2v) is 10.8. The highest BCUT2D eigenvalue weighted by molar-refractivity contribution is 7.92. The van der Waals surface area contributed by atoms with Crippen molar-refractivity contribution in [3.05, 3.63) is 53.6 Å². The number of nitrogens with zero attached hydrogens (tertiary/aromatic N) is 3. The van der Waals surface area contributed by atoms with E-state index in [0.717, 1.165) is 28.4 Å². The van der Waals surface area contributed by atoms with Gasteiger partial charge in [0.15, 0.2) is 5.96 Å². The van der Waals surface area contributed by atoms with Gasteiger partial charge in [-0.3, -0.25) is 19.9 Å². The minimum atomic E-state index is -4.19. The molecule has 1 saturated heterocycles. The Morgan fingerprint density at radius 3 is 2.47 bits per heavy atom. The number of aliphatic carboxylic acids is 1. The van der Waals surface area contributed by atoms with Crippen molar-refractivity contribution in [1.29, 1.82) is 10.8 Å². The minimum Gasteiger partial charge on any atom is -0.489 e. The molecule has 2 aromatic carbocycles. The number of sulfonamides is 1. The molecule has 0 amide bonds. The van der Waals surface area contributed by atoms with Gasteiger partial charge in [0.25, 0.3) is 10.0 Å². The average Bonchev–Trinajstić information content (AvgIpc) is 3.31. The van der Waals surface area contributed by atoms with Crippen molar-refractivity contribution >= 4 is 33.5 Å². The number of guanidine groups is 1. The van der Waals surface area contributed by atoms with E-state index in [1.807, 2.05) is 4.90 Å². The summed E-state index contributed by atoms with van der Waals surface area (Å²) in [6, 6.07) is 11.0. The molecule has 0 aromatic heterocycles. The fraction of sp³-hybridized carbons (Fsp3) is 0.375. The molecule has 2 aliphatic rings. The molecule has 11 nitrogen and oxygen atoms in total. The maximum atomic E-state index is 13.5. The van der Waals surface area contributed by atoms with E-state index in [0.29, 0.717) is 37.6 Å². The lowest BCUT2D eigenvalue weighted by molar-refractivity contribution is -0.135. The Bertz CT molecular complexity index is 1280. The Morgan fingerprint density at radius 1 is 1.14 bits per heavy atom. The standard InChI is InChI=1S/C24H30N6O5S/c1-16(25)28-11-9-21(14-28)35-20-4-6-22(7-5-20)36(33,34)30(15-23(31)32)19-3-2-17-8-10-29(24(26)27)13-18(17)12-19/h2-7,12,21,25H,8-11,13-15H2,1H3,(H3,26,27)(H,31,32)/t21-/m0/s1. The summed E-state index contributed by atoms with van der Waals surface area (Å²) < 4.78 is 33.8. The molecule has 0 bridgehead atoms. The van der Waals surface area contributed by atoms with Crippen molar-refractivity contribution < 1.29 is 23.1 Å². The predicted octanol–water partition coefficient (Wildman–Crippen LogP) is 1.67. The lowest BCUT2D eigenvalue weighted by atomic mass is 9.99. The number of amidine groups is 1. The zero-order chi connectivity index (χ0) is 26.0. The maximum Gasteiger partial charge on any atom is 0.324 e. The highest BCUT2D eigenvalue weighted by Crippen LogP contribution is 2.30. The van der Waals surface area contributed by atoms with E-state index < -0.39 is 22.5 Å².